The SMILES string of the molecule is O=COCCCCCCc1coc([N+](=O)[O-])c1. The molecule has 17 heavy (non-hydrogen) atoms. The molecular formula is C11H15NO5. The molecular weight excluding hydrogens is 226 g/mol. The zero-order valence-corrected chi connectivity index (χ0v) is 9.46. The Bertz CT molecular complexity index is 360. The van der Waals surface area contributed by atoms with E-state index in [1.807, 2.05) is 0 Å². The van der Waals surface area contributed by atoms with Crippen LogP contribution < -0.4 is 0 Å². The molecule has 0 aliphatic rings. The van der Waals surface area contributed by atoms with Crippen LogP contribution >= 0.6 is 0 Å². The van der Waals surface area contributed by atoms with Crippen LogP contribution in [-0.2, 0) is 16.0 Å². The molecule has 0 spiro atoms. The topological polar surface area (TPSA) is 82.6 Å². The van der Waals surface area contributed by atoms with Gasteiger partial charge in [0.1, 0.15) is 11.2 Å². The van der Waals surface area contributed by atoms with E-state index in [4.69, 9.17) is 4.42 Å². The van der Waals surface area contributed by atoms with Crippen LogP contribution in [0.25, 0.3) is 0 Å². The predicted octanol–water partition coefficient (Wildman–Crippen LogP) is 2.46. The summed E-state index contributed by atoms with van der Waals surface area (Å²) in [4.78, 5) is 19.7. The van der Waals surface area contributed by atoms with Crippen molar-refractivity contribution in [2.45, 2.75) is 32.1 Å². The third kappa shape index (κ3) is 5.14. The summed E-state index contributed by atoms with van der Waals surface area (Å²) in [5.41, 5.74) is 0.848. The first kappa shape index (κ1) is 13.2. The second-order valence-corrected chi connectivity index (χ2v) is 3.68. The quantitative estimate of drug-likeness (QED) is 0.287. The second-order valence-electron chi connectivity index (χ2n) is 3.68. The van der Waals surface area contributed by atoms with Crippen LogP contribution in [0.1, 0.15) is 31.2 Å². The molecule has 0 saturated carbocycles. The smallest absolute Gasteiger partial charge is 0.433 e. The number of hydrogen-bond acceptors (Lipinski definition) is 5. The minimum Gasteiger partial charge on any atom is -0.468 e. The molecule has 0 unspecified atom stereocenters. The molecule has 0 fully saturated rings. The van der Waals surface area contributed by atoms with Gasteiger partial charge in [0.05, 0.1) is 12.7 Å². The highest BCUT2D eigenvalue weighted by Gasteiger charge is 2.11. The molecule has 6 heteroatoms. The van der Waals surface area contributed by atoms with Crippen LogP contribution in [0, 0.1) is 10.1 Å². The molecule has 0 radical (unpaired) electrons. The number of furan rings is 1. The van der Waals surface area contributed by atoms with Crippen molar-refractivity contribution in [3.8, 4) is 0 Å². The van der Waals surface area contributed by atoms with Crippen LogP contribution in [0.5, 0.6) is 0 Å². The molecule has 0 aromatic carbocycles. The molecule has 0 saturated heterocycles. The Labute approximate surface area is 98.7 Å². The molecule has 0 aliphatic heterocycles. The average Bonchev–Trinajstić information content (AvgIpc) is 2.77. The summed E-state index contributed by atoms with van der Waals surface area (Å²) in [7, 11) is 0. The van der Waals surface area contributed by atoms with Gasteiger partial charge in [-0.15, -0.1) is 0 Å². The first-order valence-electron chi connectivity index (χ1n) is 5.51. The Morgan fingerprint density at radius 1 is 1.35 bits per heavy atom. The molecule has 1 aromatic heterocycles. The van der Waals surface area contributed by atoms with E-state index in [1.54, 1.807) is 0 Å². The molecule has 0 N–H and O–H groups in total. The minimum atomic E-state index is -0.541. The lowest BCUT2D eigenvalue weighted by Gasteiger charge is -1.99. The lowest BCUT2D eigenvalue weighted by Crippen LogP contribution is -1.91. The Kier molecular flexibility index (Phi) is 5.77. The van der Waals surface area contributed by atoms with E-state index >= 15 is 0 Å². The van der Waals surface area contributed by atoms with Crippen molar-refractivity contribution >= 4 is 12.4 Å². The van der Waals surface area contributed by atoms with Crippen molar-refractivity contribution in [1.29, 1.82) is 0 Å². The summed E-state index contributed by atoms with van der Waals surface area (Å²) < 4.78 is 9.34. The Hall–Kier alpha value is -1.85. The van der Waals surface area contributed by atoms with Crippen molar-refractivity contribution in [3.63, 3.8) is 0 Å². The van der Waals surface area contributed by atoms with Gasteiger partial charge in [-0.25, -0.2) is 0 Å². The maximum absolute atomic E-state index is 10.4. The second kappa shape index (κ2) is 7.43. The number of nitro groups is 1. The van der Waals surface area contributed by atoms with E-state index < -0.39 is 4.92 Å². The Morgan fingerprint density at radius 2 is 2.12 bits per heavy atom. The molecule has 0 aliphatic carbocycles. The van der Waals surface area contributed by atoms with E-state index in [-0.39, 0.29) is 5.88 Å². The number of ether oxygens (including phenoxy) is 1. The summed E-state index contributed by atoms with van der Waals surface area (Å²) in [6.07, 6.45) is 5.97. The van der Waals surface area contributed by atoms with Crippen LogP contribution in [0.15, 0.2) is 16.7 Å². The monoisotopic (exact) mass is 241 g/mol. The van der Waals surface area contributed by atoms with Gasteiger partial charge in [0.25, 0.3) is 6.47 Å². The van der Waals surface area contributed by atoms with Gasteiger partial charge < -0.3 is 9.15 Å². The zero-order chi connectivity index (χ0) is 12.5. The summed E-state index contributed by atoms with van der Waals surface area (Å²) in [6, 6.07) is 1.45. The van der Waals surface area contributed by atoms with Gasteiger partial charge in [-0.1, -0.05) is 12.8 Å². The van der Waals surface area contributed by atoms with E-state index in [1.165, 1.54) is 12.3 Å². The van der Waals surface area contributed by atoms with Crippen molar-refractivity contribution < 1.29 is 18.9 Å². The number of unbranched alkanes of at least 4 members (excludes halogenated alkanes) is 3. The summed E-state index contributed by atoms with van der Waals surface area (Å²) >= 11 is 0. The number of aryl methyl sites for hydroxylation is 1. The van der Waals surface area contributed by atoms with E-state index in [0.717, 1.165) is 37.7 Å². The normalized spacial score (nSPS) is 10.1. The zero-order valence-electron chi connectivity index (χ0n) is 9.46. The fraction of sp³-hybridized carbons (Fsp3) is 0.545. The molecule has 94 valence electrons. The van der Waals surface area contributed by atoms with Gasteiger partial charge >= 0.3 is 5.88 Å². The summed E-state index contributed by atoms with van der Waals surface area (Å²) in [5, 5.41) is 10.4. The number of nitrogens with zero attached hydrogens (tertiary/aromatic N) is 1. The Morgan fingerprint density at radius 3 is 2.76 bits per heavy atom. The lowest BCUT2D eigenvalue weighted by atomic mass is 10.1. The van der Waals surface area contributed by atoms with Crippen LogP contribution in [-0.4, -0.2) is 18.0 Å². The van der Waals surface area contributed by atoms with Gasteiger partial charge in [-0.2, -0.15) is 0 Å². The van der Waals surface area contributed by atoms with E-state index in [0.29, 0.717) is 13.1 Å². The summed E-state index contributed by atoms with van der Waals surface area (Å²) in [6.45, 7) is 0.908. The molecule has 0 bridgehead atoms. The minimum absolute atomic E-state index is 0.209. The Balaban J connectivity index is 2.09. The molecule has 1 aromatic rings. The van der Waals surface area contributed by atoms with Gasteiger partial charge in [0, 0.05) is 0 Å². The summed E-state index contributed by atoms with van der Waals surface area (Å²) in [5.74, 6) is -0.209. The maximum atomic E-state index is 10.4. The standard InChI is InChI=1S/C11H15NO5/c13-9-16-6-4-2-1-3-5-10-7-11(12(14)15)17-8-10/h7-9H,1-6H2. The number of hydrogen-bond donors (Lipinski definition) is 0. The molecule has 1 rings (SSSR count). The largest absolute Gasteiger partial charge is 0.468 e. The maximum Gasteiger partial charge on any atom is 0.433 e. The molecule has 0 amide bonds. The van der Waals surface area contributed by atoms with Gasteiger partial charge in [-0.05, 0) is 24.8 Å². The van der Waals surface area contributed by atoms with Gasteiger partial charge in [0.2, 0.25) is 0 Å². The van der Waals surface area contributed by atoms with Crippen molar-refractivity contribution in [2.24, 2.45) is 0 Å². The van der Waals surface area contributed by atoms with Crippen LogP contribution in [0.3, 0.4) is 0 Å². The third-order valence-corrected chi connectivity index (χ3v) is 2.37. The van der Waals surface area contributed by atoms with Crippen LogP contribution in [0.4, 0.5) is 5.88 Å². The predicted molar refractivity (Wildman–Crippen MR) is 59.6 cm³/mol. The van der Waals surface area contributed by atoms with Crippen LogP contribution in [0.2, 0.25) is 0 Å². The van der Waals surface area contributed by atoms with Crippen molar-refractivity contribution in [1.82, 2.24) is 0 Å². The van der Waals surface area contributed by atoms with Crippen molar-refractivity contribution in [3.05, 3.63) is 28.0 Å². The molecule has 6 nitrogen and oxygen atoms in total. The van der Waals surface area contributed by atoms with E-state index in [9.17, 15) is 14.9 Å². The number of carbonyl (C=O) groups excluding carboxylic acids is 1. The molecule has 0 atom stereocenters. The van der Waals surface area contributed by atoms with Gasteiger partial charge in [0.15, 0.2) is 0 Å². The first-order valence-corrected chi connectivity index (χ1v) is 5.51. The highest BCUT2D eigenvalue weighted by molar-refractivity contribution is 5.36. The van der Waals surface area contributed by atoms with Crippen molar-refractivity contribution in [2.75, 3.05) is 6.61 Å². The third-order valence-electron chi connectivity index (χ3n) is 2.37. The molecule has 1 heterocycles. The highest BCUT2D eigenvalue weighted by atomic mass is 16.6. The number of rotatable bonds is 9. The lowest BCUT2D eigenvalue weighted by molar-refractivity contribution is -0.402. The fourth-order valence-electron chi connectivity index (χ4n) is 1.51. The van der Waals surface area contributed by atoms with Gasteiger partial charge in [-0.3, -0.25) is 14.9 Å². The highest BCUT2D eigenvalue weighted by Crippen LogP contribution is 2.17. The number of carbonyl (C=O) groups is 1. The first-order chi connectivity index (χ1) is 8.24. The van der Waals surface area contributed by atoms with E-state index in [2.05, 4.69) is 4.74 Å². The fourth-order valence-corrected chi connectivity index (χ4v) is 1.51. The average molecular weight is 241 g/mol.